The second-order valence-electron chi connectivity index (χ2n) is 11.0. The summed E-state index contributed by atoms with van der Waals surface area (Å²) in [5, 5.41) is 28.7. The number of nitrogens with zero attached hydrogens (tertiary/aromatic N) is 2. The van der Waals surface area contributed by atoms with Crippen molar-refractivity contribution in [3.05, 3.63) is 64.6 Å². The van der Waals surface area contributed by atoms with E-state index < -0.39 is 24.1 Å². The van der Waals surface area contributed by atoms with Crippen LogP contribution in [0.4, 0.5) is 5.69 Å². The van der Waals surface area contributed by atoms with E-state index in [0.29, 0.717) is 45.4 Å². The third-order valence-electron chi connectivity index (χ3n) is 8.16. The van der Waals surface area contributed by atoms with Gasteiger partial charge in [0.1, 0.15) is 6.23 Å². The molecule has 6 rings (SSSR count). The topological polar surface area (TPSA) is 148 Å². The number of aliphatic hydroxyl groups is 1. The molecule has 3 heterocycles. The number of allylic oxidation sites excluding steroid dienone is 1. The predicted molar refractivity (Wildman–Crippen MR) is 150 cm³/mol. The van der Waals surface area contributed by atoms with E-state index in [1.165, 1.54) is 0 Å². The Morgan fingerprint density at radius 1 is 1.12 bits per heavy atom. The smallest absolute Gasteiger partial charge is 0.262 e. The zero-order chi connectivity index (χ0) is 28.0. The number of pyridine rings is 1. The molecule has 3 amide bonds. The average molecular weight is 563 g/mol. The molecule has 1 aromatic heterocycles. The SMILES string of the molecule is N=C(/C(=C\NC1CC(CNc2ccc3c(c2)C(=O)N(C2CCC(=O)NC2O)C3=O)C1)c1cc(Cl)ccn1)C1CC1. The Morgan fingerprint density at radius 3 is 2.62 bits per heavy atom. The molecule has 2 atom stereocenters. The number of aromatic nitrogens is 1. The maximum absolute atomic E-state index is 13.1. The van der Waals surface area contributed by atoms with Gasteiger partial charge in [0.25, 0.3) is 11.8 Å². The molecule has 2 unspecified atom stereocenters. The van der Waals surface area contributed by atoms with Gasteiger partial charge in [-0.25, -0.2) is 0 Å². The number of hydrogen-bond acceptors (Lipinski definition) is 8. The molecule has 3 fully saturated rings. The number of carbonyl (C=O) groups excluding carboxylic acids is 3. The summed E-state index contributed by atoms with van der Waals surface area (Å²) >= 11 is 6.17. The molecule has 2 aliphatic carbocycles. The van der Waals surface area contributed by atoms with Gasteiger partial charge in [-0.15, -0.1) is 0 Å². The number of rotatable bonds is 9. The number of nitrogens with one attached hydrogen (secondary N) is 4. The normalized spacial score (nSPS) is 26.2. The first-order valence-corrected chi connectivity index (χ1v) is 14.1. The molecule has 2 aliphatic heterocycles. The fourth-order valence-electron chi connectivity index (χ4n) is 5.65. The highest BCUT2D eigenvalue weighted by atomic mass is 35.5. The third-order valence-corrected chi connectivity index (χ3v) is 8.39. The quantitative estimate of drug-likeness (QED) is 0.233. The van der Waals surface area contributed by atoms with Crippen LogP contribution in [0.15, 0.2) is 42.7 Å². The largest absolute Gasteiger partial charge is 0.388 e. The van der Waals surface area contributed by atoms with Gasteiger partial charge in [-0.3, -0.25) is 24.3 Å². The van der Waals surface area contributed by atoms with Crippen LogP contribution in [0.25, 0.3) is 5.57 Å². The Bertz CT molecular complexity index is 1420. The molecule has 4 aliphatic rings. The predicted octanol–water partition coefficient (Wildman–Crippen LogP) is 3.18. The zero-order valence-electron chi connectivity index (χ0n) is 21.8. The first kappa shape index (κ1) is 26.5. The summed E-state index contributed by atoms with van der Waals surface area (Å²) < 4.78 is 0. The van der Waals surface area contributed by atoms with Crippen LogP contribution in [0.3, 0.4) is 0 Å². The van der Waals surface area contributed by atoms with Gasteiger partial charge in [-0.2, -0.15) is 0 Å². The van der Waals surface area contributed by atoms with E-state index >= 15 is 0 Å². The van der Waals surface area contributed by atoms with Crippen molar-refractivity contribution >= 4 is 46.3 Å². The summed E-state index contributed by atoms with van der Waals surface area (Å²) in [5.74, 6) is -0.473. The van der Waals surface area contributed by atoms with E-state index in [-0.39, 0.29) is 18.7 Å². The molecule has 11 heteroatoms. The van der Waals surface area contributed by atoms with Gasteiger partial charge in [-0.1, -0.05) is 11.6 Å². The minimum absolute atomic E-state index is 0.150. The number of carbonyl (C=O) groups is 3. The monoisotopic (exact) mass is 562 g/mol. The van der Waals surface area contributed by atoms with Gasteiger partial charge in [0.05, 0.1) is 22.9 Å². The van der Waals surface area contributed by atoms with Crippen molar-refractivity contribution in [3.63, 3.8) is 0 Å². The maximum Gasteiger partial charge on any atom is 0.262 e. The molecule has 0 spiro atoms. The lowest BCUT2D eigenvalue weighted by atomic mass is 9.80. The number of piperidine rings is 1. The van der Waals surface area contributed by atoms with Crippen molar-refractivity contribution < 1.29 is 19.5 Å². The number of fused-ring (bicyclic) bond motifs is 1. The van der Waals surface area contributed by atoms with Crippen molar-refractivity contribution in [1.29, 1.82) is 5.41 Å². The summed E-state index contributed by atoms with van der Waals surface area (Å²) in [6, 6.07) is 8.16. The second kappa shape index (κ2) is 10.7. The number of imide groups is 1. The van der Waals surface area contributed by atoms with Gasteiger partial charge >= 0.3 is 0 Å². The van der Waals surface area contributed by atoms with Crippen molar-refractivity contribution in [2.24, 2.45) is 11.8 Å². The van der Waals surface area contributed by atoms with E-state index in [1.807, 2.05) is 6.20 Å². The first-order chi connectivity index (χ1) is 19.3. The highest BCUT2D eigenvalue weighted by Gasteiger charge is 2.44. The molecule has 1 aromatic carbocycles. The zero-order valence-corrected chi connectivity index (χ0v) is 22.6. The van der Waals surface area contributed by atoms with Crippen molar-refractivity contribution in [2.45, 2.75) is 56.8 Å². The fourth-order valence-corrected chi connectivity index (χ4v) is 5.81. The molecule has 2 aromatic rings. The minimum atomic E-state index is -1.27. The molecule has 10 nitrogen and oxygen atoms in total. The number of benzene rings is 1. The van der Waals surface area contributed by atoms with Crippen LogP contribution in [0.5, 0.6) is 0 Å². The van der Waals surface area contributed by atoms with Crippen LogP contribution < -0.4 is 16.0 Å². The van der Waals surface area contributed by atoms with Gasteiger partial charge in [0.15, 0.2) is 0 Å². The standard InChI is InChI=1S/C29H31ClN6O4/c30-17-7-8-32-23(11-17)22(26(31)16-1-2-16)14-34-19-9-15(10-19)13-33-18-3-4-20-21(12-18)29(40)36(28(20)39)24-5-6-25(37)35-27(24)38/h3-4,7-8,11-12,14-16,19,24,27,31,33-34,38H,1-2,5-6,9-10,13H2,(H,35,37)/b22-14-,31-26?. The highest BCUT2D eigenvalue weighted by Crippen LogP contribution is 2.36. The summed E-state index contributed by atoms with van der Waals surface area (Å²) in [5.41, 5.74) is 3.47. The minimum Gasteiger partial charge on any atom is -0.388 e. The Hall–Kier alpha value is -3.76. The highest BCUT2D eigenvalue weighted by molar-refractivity contribution is 6.31. The molecule has 208 valence electrons. The number of aliphatic hydroxyl groups excluding tert-OH is 1. The van der Waals surface area contributed by atoms with Crippen molar-refractivity contribution in [1.82, 2.24) is 20.5 Å². The van der Waals surface area contributed by atoms with Gasteiger partial charge in [0, 0.05) is 59.3 Å². The summed E-state index contributed by atoms with van der Waals surface area (Å²) in [4.78, 5) is 43.0. The van der Waals surface area contributed by atoms with Crippen LogP contribution in [0.2, 0.25) is 5.02 Å². The van der Waals surface area contributed by atoms with Gasteiger partial charge < -0.3 is 26.5 Å². The molecule has 0 radical (unpaired) electrons. The molecule has 1 saturated heterocycles. The van der Waals surface area contributed by atoms with Crippen LogP contribution in [0, 0.1) is 17.2 Å². The van der Waals surface area contributed by atoms with Crippen LogP contribution in [-0.2, 0) is 4.79 Å². The summed E-state index contributed by atoms with van der Waals surface area (Å²) in [6.45, 7) is 0.723. The van der Waals surface area contributed by atoms with E-state index in [1.54, 1.807) is 36.5 Å². The lowest BCUT2D eigenvalue weighted by Gasteiger charge is -2.36. The Kier molecular flexibility index (Phi) is 7.06. The summed E-state index contributed by atoms with van der Waals surface area (Å²) in [6.07, 6.45) is 6.67. The molecule has 5 N–H and O–H groups in total. The fraction of sp³-hybridized carbons (Fsp3) is 0.414. The molecule has 0 bridgehead atoms. The lowest BCUT2D eigenvalue weighted by Crippen LogP contribution is -2.57. The second-order valence-corrected chi connectivity index (χ2v) is 11.5. The molecule has 40 heavy (non-hydrogen) atoms. The number of amides is 3. The van der Waals surface area contributed by atoms with E-state index in [9.17, 15) is 19.5 Å². The number of halogens is 1. The summed E-state index contributed by atoms with van der Waals surface area (Å²) in [7, 11) is 0. The Balaban J connectivity index is 1.03. The third kappa shape index (κ3) is 5.21. The molecule has 2 saturated carbocycles. The first-order valence-electron chi connectivity index (χ1n) is 13.7. The Morgan fingerprint density at radius 2 is 1.90 bits per heavy atom. The lowest BCUT2D eigenvalue weighted by molar-refractivity contribution is -0.129. The van der Waals surface area contributed by atoms with Crippen molar-refractivity contribution in [3.8, 4) is 0 Å². The molecular formula is C29H31ClN6O4. The van der Waals surface area contributed by atoms with E-state index in [2.05, 4.69) is 20.9 Å². The maximum atomic E-state index is 13.1. The number of anilines is 1. The molecular weight excluding hydrogens is 532 g/mol. The average Bonchev–Trinajstić information content (AvgIpc) is 3.72. The van der Waals surface area contributed by atoms with Crippen LogP contribution in [0.1, 0.15) is 64.9 Å². The van der Waals surface area contributed by atoms with Crippen LogP contribution in [-0.4, -0.2) is 63.3 Å². The van der Waals surface area contributed by atoms with E-state index in [4.69, 9.17) is 17.0 Å². The Labute approximate surface area is 236 Å². The van der Waals surface area contributed by atoms with Gasteiger partial charge in [0.2, 0.25) is 5.91 Å². The van der Waals surface area contributed by atoms with E-state index in [0.717, 1.165) is 48.4 Å². The van der Waals surface area contributed by atoms with Gasteiger partial charge in [-0.05, 0) is 68.4 Å². The number of hydrogen-bond donors (Lipinski definition) is 5. The van der Waals surface area contributed by atoms with Crippen LogP contribution >= 0.6 is 11.6 Å². The van der Waals surface area contributed by atoms with Crippen molar-refractivity contribution in [2.75, 3.05) is 11.9 Å².